The highest BCUT2D eigenvalue weighted by Crippen LogP contribution is 2.42. The summed E-state index contributed by atoms with van der Waals surface area (Å²) in [7, 11) is 0. The van der Waals surface area contributed by atoms with Crippen LogP contribution >= 0.6 is 15.9 Å². The second-order valence-corrected chi connectivity index (χ2v) is 9.72. The molecule has 21 heavy (non-hydrogen) atoms. The van der Waals surface area contributed by atoms with Crippen LogP contribution in [-0.2, 0) is 4.79 Å². The Balaban J connectivity index is 1.73. The molecule has 2 aliphatic rings. The Bertz CT molecular complexity index is 350. The molecule has 2 saturated carbocycles. The Morgan fingerprint density at radius 1 is 1.14 bits per heavy atom. The molecule has 0 aromatic carbocycles. The quantitative estimate of drug-likeness (QED) is 0.711. The largest absolute Gasteiger partial charge is 0.355 e. The fourth-order valence-electron chi connectivity index (χ4n) is 4.20. The minimum Gasteiger partial charge on any atom is -0.355 e. The number of hydrogen-bond donors (Lipinski definition) is 1. The third-order valence-electron chi connectivity index (χ3n) is 5.24. The van der Waals surface area contributed by atoms with Gasteiger partial charge in [-0.05, 0) is 42.9 Å². The second kappa shape index (κ2) is 7.48. The predicted molar refractivity (Wildman–Crippen MR) is 92.6 cm³/mol. The maximum absolute atomic E-state index is 12.4. The zero-order valence-electron chi connectivity index (χ0n) is 14.0. The molecule has 2 fully saturated rings. The van der Waals surface area contributed by atoms with Gasteiger partial charge in [-0.3, -0.25) is 4.79 Å². The molecule has 0 saturated heterocycles. The standard InChI is InChI=1S/C18H32BrNO/c1-18(2,3)11-16(19)12-20-17(21)15-9-8-13-6-4-5-7-14(13)10-15/h13-16H,4-12H2,1-3H3,(H,20,21). The molecule has 4 unspecified atom stereocenters. The van der Waals surface area contributed by atoms with Crippen LogP contribution in [0.3, 0.4) is 0 Å². The zero-order chi connectivity index (χ0) is 15.5. The van der Waals surface area contributed by atoms with Crippen molar-refractivity contribution in [1.82, 2.24) is 5.32 Å². The average molecular weight is 358 g/mol. The molecular weight excluding hydrogens is 326 g/mol. The van der Waals surface area contributed by atoms with E-state index in [9.17, 15) is 4.79 Å². The van der Waals surface area contributed by atoms with Crippen molar-refractivity contribution in [2.24, 2.45) is 23.2 Å². The molecular formula is C18H32BrNO. The number of rotatable bonds is 4. The van der Waals surface area contributed by atoms with Crippen LogP contribution < -0.4 is 5.32 Å². The summed E-state index contributed by atoms with van der Waals surface area (Å²) in [6.45, 7) is 7.50. The highest BCUT2D eigenvalue weighted by Gasteiger charge is 2.35. The van der Waals surface area contributed by atoms with Crippen molar-refractivity contribution in [3.8, 4) is 0 Å². The SMILES string of the molecule is CC(C)(C)CC(Br)CNC(=O)C1CCC2CCCCC2C1. The molecule has 1 N–H and O–H groups in total. The highest BCUT2D eigenvalue weighted by atomic mass is 79.9. The van der Waals surface area contributed by atoms with E-state index in [1.165, 1.54) is 32.1 Å². The van der Waals surface area contributed by atoms with E-state index in [1.807, 2.05) is 0 Å². The van der Waals surface area contributed by atoms with Crippen LogP contribution in [0, 0.1) is 23.2 Å². The van der Waals surface area contributed by atoms with E-state index in [0.717, 1.165) is 37.6 Å². The molecule has 4 atom stereocenters. The van der Waals surface area contributed by atoms with Gasteiger partial charge in [0.05, 0.1) is 0 Å². The monoisotopic (exact) mass is 357 g/mol. The van der Waals surface area contributed by atoms with Crippen molar-refractivity contribution in [2.75, 3.05) is 6.54 Å². The van der Waals surface area contributed by atoms with Gasteiger partial charge in [-0.25, -0.2) is 0 Å². The lowest BCUT2D eigenvalue weighted by Crippen LogP contribution is -2.39. The lowest BCUT2D eigenvalue weighted by Gasteiger charge is -2.38. The van der Waals surface area contributed by atoms with Crippen LogP contribution in [0.4, 0.5) is 0 Å². The first-order chi connectivity index (χ1) is 9.85. The summed E-state index contributed by atoms with van der Waals surface area (Å²) < 4.78 is 0. The van der Waals surface area contributed by atoms with Gasteiger partial charge in [0.25, 0.3) is 0 Å². The summed E-state index contributed by atoms with van der Waals surface area (Å²) in [4.78, 5) is 12.8. The molecule has 2 rings (SSSR count). The van der Waals surface area contributed by atoms with E-state index < -0.39 is 0 Å². The van der Waals surface area contributed by atoms with Crippen LogP contribution in [0.5, 0.6) is 0 Å². The topological polar surface area (TPSA) is 29.1 Å². The van der Waals surface area contributed by atoms with Crippen LogP contribution in [0.2, 0.25) is 0 Å². The fraction of sp³-hybridized carbons (Fsp3) is 0.944. The van der Waals surface area contributed by atoms with Crippen molar-refractivity contribution in [1.29, 1.82) is 0 Å². The van der Waals surface area contributed by atoms with Gasteiger partial charge in [-0.2, -0.15) is 0 Å². The first-order valence-corrected chi connectivity index (χ1v) is 9.68. The maximum atomic E-state index is 12.4. The van der Waals surface area contributed by atoms with E-state index in [0.29, 0.717) is 16.1 Å². The van der Waals surface area contributed by atoms with Gasteiger partial charge in [0.2, 0.25) is 5.91 Å². The molecule has 3 heteroatoms. The molecule has 0 aromatic heterocycles. The number of carbonyl (C=O) groups excluding carboxylic acids is 1. The van der Waals surface area contributed by atoms with E-state index >= 15 is 0 Å². The number of nitrogens with one attached hydrogen (secondary N) is 1. The molecule has 1 amide bonds. The molecule has 0 bridgehead atoms. The van der Waals surface area contributed by atoms with E-state index in [-0.39, 0.29) is 5.92 Å². The first kappa shape index (κ1) is 17.3. The van der Waals surface area contributed by atoms with Crippen LogP contribution in [-0.4, -0.2) is 17.3 Å². The summed E-state index contributed by atoms with van der Waals surface area (Å²) in [5, 5.41) is 3.18. The summed E-state index contributed by atoms with van der Waals surface area (Å²) in [5.74, 6) is 2.33. The van der Waals surface area contributed by atoms with Gasteiger partial charge < -0.3 is 5.32 Å². The van der Waals surface area contributed by atoms with Crippen molar-refractivity contribution >= 4 is 21.8 Å². The first-order valence-electron chi connectivity index (χ1n) is 8.77. The maximum Gasteiger partial charge on any atom is 0.223 e. The number of carbonyl (C=O) groups is 1. The third-order valence-corrected chi connectivity index (χ3v) is 5.89. The predicted octanol–water partition coefficient (Wildman–Crippen LogP) is 4.91. The smallest absolute Gasteiger partial charge is 0.223 e. The Kier molecular flexibility index (Phi) is 6.16. The summed E-state index contributed by atoms with van der Waals surface area (Å²) in [5.41, 5.74) is 0.305. The van der Waals surface area contributed by atoms with Crippen molar-refractivity contribution < 1.29 is 4.79 Å². The fourth-order valence-corrected chi connectivity index (χ4v) is 5.34. The second-order valence-electron chi connectivity index (χ2n) is 8.42. The number of amides is 1. The molecule has 0 heterocycles. The van der Waals surface area contributed by atoms with Crippen LogP contribution in [0.1, 0.15) is 72.1 Å². The summed E-state index contributed by atoms with van der Waals surface area (Å²) >= 11 is 3.71. The number of halogens is 1. The molecule has 0 aromatic rings. The molecule has 0 radical (unpaired) electrons. The van der Waals surface area contributed by atoms with Gasteiger partial charge in [0.1, 0.15) is 0 Å². The normalized spacial score (nSPS) is 31.3. The van der Waals surface area contributed by atoms with Crippen molar-refractivity contribution in [2.45, 2.75) is 77.0 Å². The Labute approximate surface area is 139 Å². The van der Waals surface area contributed by atoms with Gasteiger partial charge in [0, 0.05) is 17.3 Å². The Hall–Kier alpha value is -0.0500. The number of hydrogen-bond acceptors (Lipinski definition) is 1. The average Bonchev–Trinajstić information content (AvgIpc) is 2.42. The zero-order valence-corrected chi connectivity index (χ0v) is 15.5. The van der Waals surface area contributed by atoms with Gasteiger partial charge >= 0.3 is 0 Å². The molecule has 0 aliphatic heterocycles. The lowest BCUT2D eigenvalue weighted by molar-refractivity contribution is -0.127. The molecule has 2 aliphatic carbocycles. The number of fused-ring (bicyclic) bond motifs is 1. The Morgan fingerprint density at radius 2 is 1.81 bits per heavy atom. The number of alkyl halides is 1. The lowest BCUT2D eigenvalue weighted by atomic mass is 9.67. The summed E-state index contributed by atoms with van der Waals surface area (Å²) in [6.07, 6.45) is 10.2. The third kappa shape index (κ3) is 5.58. The van der Waals surface area contributed by atoms with E-state index in [4.69, 9.17) is 0 Å². The minimum absolute atomic E-state index is 0.277. The molecule has 122 valence electrons. The van der Waals surface area contributed by atoms with Crippen molar-refractivity contribution in [3.63, 3.8) is 0 Å². The summed E-state index contributed by atoms with van der Waals surface area (Å²) in [6, 6.07) is 0. The molecule has 2 nitrogen and oxygen atoms in total. The van der Waals surface area contributed by atoms with Crippen LogP contribution in [0.25, 0.3) is 0 Å². The van der Waals surface area contributed by atoms with E-state index in [2.05, 4.69) is 42.0 Å². The Morgan fingerprint density at radius 3 is 2.48 bits per heavy atom. The van der Waals surface area contributed by atoms with E-state index in [1.54, 1.807) is 0 Å². The van der Waals surface area contributed by atoms with Gasteiger partial charge in [-0.1, -0.05) is 62.4 Å². The highest BCUT2D eigenvalue weighted by molar-refractivity contribution is 9.09. The minimum atomic E-state index is 0.277. The van der Waals surface area contributed by atoms with Crippen LogP contribution in [0.15, 0.2) is 0 Å². The van der Waals surface area contributed by atoms with Gasteiger partial charge in [0.15, 0.2) is 0 Å². The van der Waals surface area contributed by atoms with Gasteiger partial charge in [-0.15, -0.1) is 0 Å². The molecule has 0 spiro atoms. The van der Waals surface area contributed by atoms with Crippen molar-refractivity contribution in [3.05, 3.63) is 0 Å².